The van der Waals surface area contributed by atoms with E-state index in [4.69, 9.17) is 0 Å². The Balaban J connectivity index is 2.11. The first-order valence-electron chi connectivity index (χ1n) is 5.72. The number of carboxylic acid groups (broad SMARTS) is 1. The molecule has 4 heteroatoms. The van der Waals surface area contributed by atoms with E-state index in [2.05, 4.69) is 0 Å². The highest BCUT2D eigenvalue weighted by molar-refractivity contribution is 5.77. The smallest absolute Gasteiger partial charge is 0.326 e. The maximum atomic E-state index is 11.2. The summed E-state index contributed by atoms with van der Waals surface area (Å²) in [7, 11) is 0. The minimum atomic E-state index is -0.937. The lowest BCUT2D eigenvalue weighted by Gasteiger charge is -2.24. The molecule has 1 fully saturated rings. The standard InChI is InChI=1S/C13H15NO3/c15-9-14(11-6-7-11)12(13(16)17)8-10-4-2-1-3-5-10/h1-5,9,11-12H,6-8H2,(H,16,17). The molecule has 0 spiro atoms. The summed E-state index contributed by atoms with van der Waals surface area (Å²) in [6.45, 7) is 0. The van der Waals surface area contributed by atoms with Crippen molar-refractivity contribution in [2.24, 2.45) is 0 Å². The third-order valence-corrected chi connectivity index (χ3v) is 3.01. The molecule has 4 nitrogen and oxygen atoms in total. The van der Waals surface area contributed by atoms with Gasteiger partial charge in [-0.05, 0) is 18.4 Å². The highest BCUT2D eigenvalue weighted by atomic mass is 16.4. The monoisotopic (exact) mass is 233 g/mol. The van der Waals surface area contributed by atoms with Gasteiger partial charge in [-0.15, -0.1) is 0 Å². The average molecular weight is 233 g/mol. The minimum Gasteiger partial charge on any atom is -0.480 e. The van der Waals surface area contributed by atoms with Crippen LogP contribution in [0.3, 0.4) is 0 Å². The second-order valence-corrected chi connectivity index (χ2v) is 4.33. The third-order valence-electron chi connectivity index (χ3n) is 3.01. The van der Waals surface area contributed by atoms with Gasteiger partial charge in [0.15, 0.2) is 0 Å². The molecule has 0 heterocycles. The largest absolute Gasteiger partial charge is 0.480 e. The predicted molar refractivity (Wildman–Crippen MR) is 62.5 cm³/mol. The van der Waals surface area contributed by atoms with Gasteiger partial charge in [-0.3, -0.25) is 4.79 Å². The summed E-state index contributed by atoms with van der Waals surface area (Å²) >= 11 is 0. The van der Waals surface area contributed by atoms with Crippen LogP contribution in [0.5, 0.6) is 0 Å². The molecule has 0 aromatic heterocycles. The van der Waals surface area contributed by atoms with Gasteiger partial charge in [0.25, 0.3) is 0 Å². The van der Waals surface area contributed by atoms with Crippen LogP contribution in [0.4, 0.5) is 0 Å². The Morgan fingerprint density at radius 1 is 1.41 bits per heavy atom. The Kier molecular flexibility index (Phi) is 3.42. The average Bonchev–Trinajstić information content (AvgIpc) is 3.14. The van der Waals surface area contributed by atoms with E-state index in [1.807, 2.05) is 30.3 Å². The molecule has 0 radical (unpaired) electrons. The normalized spacial score (nSPS) is 16.2. The van der Waals surface area contributed by atoms with Gasteiger partial charge in [-0.1, -0.05) is 30.3 Å². The predicted octanol–water partition coefficient (Wildman–Crippen LogP) is 1.30. The highest BCUT2D eigenvalue weighted by Gasteiger charge is 2.36. The Morgan fingerprint density at radius 2 is 2.06 bits per heavy atom. The molecular weight excluding hydrogens is 218 g/mol. The summed E-state index contributed by atoms with van der Waals surface area (Å²) in [5, 5.41) is 9.21. The first-order chi connectivity index (χ1) is 8.22. The van der Waals surface area contributed by atoms with Crippen LogP contribution >= 0.6 is 0 Å². The number of hydrogen-bond acceptors (Lipinski definition) is 2. The number of nitrogens with zero attached hydrogens (tertiary/aromatic N) is 1. The van der Waals surface area contributed by atoms with E-state index < -0.39 is 12.0 Å². The topological polar surface area (TPSA) is 57.6 Å². The number of carbonyl (C=O) groups excluding carboxylic acids is 1. The van der Waals surface area contributed by atoms with E-state index in [0.29, 0.717) is 12.8 Å². The fourth-order valence-corrected chi connectivity index (χ4v) is 1.94. The van der Waals surface area contributed by atoms with Crippen LogP contribution in [0, 0.1) is 0 Å². The van der Waals surface area contributed by atoms with Crippen LogP contribution in [0.2, 0.25) is 0 Å². The molecule has 90 valence electrons. The van der Waals surface area contributed by atoms with Crippen molar-refractivity contribution in [3.8, 4) is 0 Å². The third kappa shape index (κ3) is 2.84. The summed E-state index contributed by atoms with van der Waals surface area (Å²) in [4.78, 5) is 23.7. The minimum absolute atomic E-state index is 0.123. The fraction of sp³-hybridized carbons (Fsp3) is 0.385. The van der Waals surface area contributed by atoms with E-state index >= 15 is 0 Å². The van der Waals surface area contributed by atoms with Crippen molar-refractivity contribution in [2.45, 2.75) is 31.3 Å². The zero-order chi connectivity index (χ0) is 12.3. The maximum absolute atomic E-state index is 11.2. The molecule has 1 amide bonds. The fourth-order valence-electron chi connectivity index (χ4n) is 1.94. The number of carboxylic acids is 1. The van der Waals surface area contributed by atoms with Crippen LogP contribution in [-0.4, -0.2) is 34.5 Å². The van der Waals surface area contributed by atoms with Gasteiger partial charge in [0.2, 0.25) is 6.41 Å². The zero-order valence-corrected chi connectivity index (χ0v) is 9.45. The molecule has 0 aliphatic heterocycles. The molecule has 1 unspecified atom stereocenters. The summed E-state index contributed by atoms with van der Waals surface area (Å²) in [5.41, 5.74) is 0.937. The van der Waals surface area contributed by atoms with Crippen molar-refractivity contribution >= 4 is 12.4 Å². The first-order valence-corrected chi connectivity index (χ1v) is 5.72. The van der Waals surface area contributed by atoms with Crippen molar-refractivity contribution in [1.29, 1.82) is 0 Å². The number of benzene rings is 1. The van der Waals surface area contributed by atoms with Crippen molar-refractivity contribution in [3.05, 3.63) is 35.9 Å². The Hall–Kier alpha value is -1.84. The molecule has 17 heavy (non-hydrogen) atoms. The molecular formula is C13H15NO3. The summed E-state index contributed by atoms with van der Waals surface area (Å²) < 4.78 is 0. The lowest BCUT2D eigenvalue weighted by atomic mass is 10.0. The molecule has 0 saturated heterocycles. The second kappa shape index (κ2) is 4.99. The van der Waals surface area contributed by atoms with Gasteiger partial charge in [0, 0.05) is 12.5 Å². The molecule has 1 saturated carbocycles. The molecule has 1 aromatic rings. The lowest BCUT2D eigenvalue weighted by Crippen LogP contribution is -2.43. The summed E-state index contributed by atoms with van der Waals surface area (Å²) in [6.07, 6.45) is 2.86. The van der Waals surface area contributed by atoms with Crippen LogP contribution in [-0.2, 0) is 16.0 Å². The number of hydrogen-bond donors (Lipinski definition) is 1. The SMILES string of the molecule is O=CN(C1CC1)C(Cc1ccccc1)C(=O)O. The quantitative estimate of drug-likeness (QED) is 0.753. The van der Waals surface area contributed by atoms with E-state index in [1.165, 1.54) is 4.90 Å². The second-order valence-electron chi connectivity index (χ2n) is 4.33. The molecule has 2 rings (SSSR count). The van der Waals surface area contributed by atoms with Gasteiger partial charge >= 0.3 is 5.97 Å². The lowest BCUT2D eigenvalue weighted by molar-refractivity contribution is -0.146. The summed E-state index contributed by atoms with van der Waals surface area (Å²) in [6, 6.07) is 8.77. The van der Waals surface area contributed by atoms with Crippen molar-refractivity contribution in [3.63, 3.8) is 0 Å². The maximum Gasteiger partial charge on any atom is 0.326 e. The number of amides is 1. The zero-order valence-electron chi connectivity index (χ0n) is 9.45. The Morgan fingerprint density at radius 3 is 2.53 bits per heavy atom. The summed E-state index contributed by atoms with van der Waals surface area (Å²) in [5.74, 6) is -0.937. The van der Waals surface area contributed by atoms with Crippen molar-refractivity contribution < 1.29 is 14.7 Å². The molecule has 1 aliphatic carbocycles. The van der Waals surface area contributed by atoms with Gasteiger partial charge in [0.05, 0.1) is 0 Å². The van der Waals surface area contributed by atoms with Crippen molar-refractivity contribution in [2.75, 3.05) is 0 Å². The van der Waals surface area contributed by atoms with Gasteiger partial charge in [0.1, 0.15) is 6.04 Å². The number of aliphatic carboxylic acids is 1. The van der Waals surface area contributed by atoms with Gasteiger partial charge < -0.3 is 10.0 Å². The van der Waals surface area contributed by atoms with Gasteiger partial charge in [-0.2, -0.15) is 0 Å². The highest BCUT2D eigenvalue weighted by Crippen LogP contribution is 2.28. The number of carbonyl (C=O) groups is 2. The van der Waals surface area contributed by atoms with E-state index in [0.717, 1.165) is 18.4 Å². The Labute approximate surface area is 99.9 Å². The van der Waals surface area contributed by atoms with E-state index in [9.17, 15) is 14.7 Å². The molecule has 0 bridgehead atoms. The number of rotatable bonds is 6. The van der Waals surface area contributed by atoms with Gasteiger partial charge in [-0.25, -0.2) is 4.79 Å². The Bertz CT molecular complexity index is 400. The van der Waals surface area contributed by atoms with Crippen molar-refractivity contribution in [1.82, 2.24) is 4.90 Å². The van der Waals surface area contributed by atoms with Crippen LogP contribution < -0.4 is 0 Å². The molecule has 1 aromatic carbocycles. The molecule has 1 N–H and O–H groups in total. The molecule has 1 aliphatic rings. The molecule has 1 atom stereocenters. The van der Waals surface area contributed by atoms with E-state index in [-0.39, 0.29) is 6.04 Å². The van der Waals surface area contributed by atoms with Crippen LogP contribution in [0.1, 0.15) is 18.4 Å². The van der Waals surface area contributed by atoms with Crippen LogP contribution in [0.25, 0.3) is 0 Å². The van der Waals surface area contributed by atoms with Crippen LogP contribution in [0.15, 0.2) is 30.3 Å². The van der Waals surface area contributed by atoms with E-state index in [1.54, 1.807) is 0 Å². The first kappa shape index (κ1) is 11.6.